The molecular weight excluding hydrogens is 322 g/mol. The molecule has 7 heteroatoms. The summed E-state index contributed by atoms with van der Waals surface area (Å²) in [7, 11) is 0. The SMILES string of the molecule is O=C1C[NH+](CC(=O)Nc2ccc3c(c2)OC2(CCCCC2)O3)CCN1. The van der Waals surface area contributed by atoms with Gasteiger partial charge in [-0.05, 0) is 25.0 Å². The van der Waals surface area contributed by atoms with Gasteiger partial charge in [-0.1, -0.05) is 6.42 Å². The number of hydrogen-bond donors (Lipinski definition) is 3. The Labute approximate surface area is 146 Å². The van der Waals surface area contributed by atoms with Crippen molar-refractivity contribution >= 4 is 17.5 Å². The number of fused-ring (bicyclic) bond motifs is 1. The van der Waals surface area contributed by atoms with Gasteiger partial charge in [0.25, 0.3) is 17.6 Å². The highest BCUT2D eigenvalue weighted by Gasteiger charge is 2.42. The number of hydrogen-bond acceptors (Lipinski definition) is 4. The van der Waals surface area contributed by atoms with Crippen molar-refractivity contribution < 1.29 is 24.0 Å². The Balaban J connectivity index is 1.37. The van der Waals surface area contributed by atoms with E-state index < -0.39 is 5.79 Å². The van der Waals surface area contributed by atoms with Crippen LogP contribution in [0.3, 0.4) is 0 Å². The molecule has 1 unspecified atom stereocenters. The Morgan fingerprint density at radius 2 is 2.00 bits per heavy atom. The molecule has 2 aliphatic heterocycles. The van der Waals surface area contributed by atoms with E-state index in [9.17, 15) is 9.59 Å². The average Bonchev–Trinajstić information content (AvgIpc) is 2.92. The summed E-state index contributed by atoms with van der Waals surface area (Å²) in [5.74, 6) is 0.836. The normalized spacial score (nSPS) is 24.0. The maximum Gasteiger partial charge on any atom is 0.279 e. The fourth-order valence-electron chi connectivity index (χ4n) is 3.81. The molecule has 3 aliphatic rings. The molecule has 7 nitrogen and oxygen atoms in total. The van der Waals surface area contributed by atoms with Gasteiger partial charge in [0.15, 0.2) is 24.6 Å². The molecule has 2 fully saturated rings. The zero-order valence-electron chi connectivity index (χ0n) is 14.2. The Bertz CT molecular complexity index is 685. The number of carbonyl (C=O) groups excluding carboxylic acids is 2. The Kier molecular flexibility index (Phi) is 4.25. The number of ether oxygens (including phenoxy) is 2. The van der Waals surface area contributed by atoms with Gasteiger partial charge in [0.05, 0.1) is 13.1 Å². The van der Waals surface area contributed by atoms with E-state index in [1.807, 2.05) is 18.2 Å². The van der Waals surface area contributed by atoms with Crippen LogP contribution in [0.1, 0.15) is 32.1 Å². The van der Waals surface area contributed by atoms with Crippen LogP contribution in [0, 0.1) is 0 Å². The zero-order valence-corrected chi connectivity index (χ0v) is 14.2. The zero-order chi connectivity index (χ0) is 17.3. The van der Waals surface area contributed by atoms with Crippen molar-refractivity contribution in [3.8, 4) is 11.5 Å². The topological polar surface area (TPSA) is 81.1 Å². The number of rotatable bonds is 3. The summed E-state index contributed by atoms with van der Waals surface area (Å²) in [6.07, 6.45) is 5.27. The number of nitrogens with one attached hydrogen (secondary N) is 3. The first-order chi connectivity index (χ1) is 12.1. The second-order valence-electron chi connectivity index (χ2n) is 7.09. The van der Waals surface area contributed by atoms with Crippen LogP contribution in [0.25, 0.3) is 0 Å². The highest BCUT2D eigenvalue weighted by atomic mass is 16.7. The van der Waals surface area contributed by atoms with Gasteiger partial charge in [0.1, 0.15) is 0 Å². The van der Waals surface area contributed by atoms with Gasteiger partial charge in [-0.25, -0.2) is 0 Å². The third kappa shape index (κ3) is 3.56. The molecule has 0 aromatic heterocycles. The first-order valence-electron chi connectivity index (χ1n) is 9.04. The minimum atomic E-state index is -0.505. The minimum absolute atomic E-state index is 0.00471. The fourth-order valence-corrected chi connectivity index (χ4v) is 3.81. The second kappa shape index (κ2) is 6.55. The molecular formula is C18H24N3O4+. The molecule has 1 saturated carbocycles. The number of amides is 2. The predicted molar refractivity (Wildman–Crippen MR) is 90.7 cm³/mol. The molecule has 3 N–H and O–H groups in total. The van der Waals surface area contributed by atoms with Crippen LogP contribution in [0.2, 0.25) is 0 Å². The first kappa shape index (κ1) is 16.2. The summed E-state index contributed by atoms with van der Waals surface area (Å²) in [6.45, 7) is 2.01. The van der Waals surface area contributed by atoms with E-state index in [0.29, 0.717) is 24.5 Å². The Hall–Kier alpha value is -2.28. The van der Waals surface area contributed by atoms with Gasteiger partial charge in [-0.15, -0.1) is 0 Å². The Morgan fingerprint density at radius 3 is 2.80 bits per heavy atom. The molecule has 1 aliphatic carbocycles. The second-order valence-corrected chi connectivity index (χ2v) is 7.09. The molecule has 1 spiro atoms. The molecule has 2 amide bonds. The number of piperazine rings is 1. The van der Waals surface area contributed by atoms with Gasteiger partial charge in [0, 0.05) is 24.6 Å². The number of quaternary nitrogens is 1. The smallest absolute Gasteiger partial charge is 0.279 e. The minimum Gasteiger partial charge on any atom is -0.448 e. The van der Waals surface area contributed by atoms with Crippen molar-refractivity contribution in [2.75, 3.05) is 31.5 Å². The van der Waals surface area contributed by atoms with Gasteiger partial charge in [-0.2, -0.15) is 0 Å². The molecule has 0 bridgehead atoms. The fraction of sp³-hybridized carbons (Fsp3) is 0.556. The Morgan fingerprint density at radius 1 is 1.20 bits per heavy atom. The summed E-state index contributed by atoms with van der Waals surface area (Å²) in [5, 5.41) is 5.67. The van der Waals surface area contributed by atoms with Crippen LogP contribution in [-0.2, 0) is 9.59 Å². The number of benzene rings is 1. The van der Waals surface area contributed by atoms with Crippen molar-refractivity contribution in [2.45, 2.75) is 37.9 Å². The monoisotopic (exact) mass is 346 g/mol. The summed E-state index contributed by atoms with van der Waals surface area (Å²) < 4.78 is 12.1. The molecule has 0 radical (unpaired) electrons. The molecule has 4 rings (SSSR count). The van der Waals surface area contributed by atoms with E-state index in [1.54, 1.807) is 0 Å². The largest absolute Gasteiger partial charge is 0.448 e. The van der Waals surface area contributed by atoms with Crippen molar-refractivity contribution in [3.63, 3.8) is 0 Å². The highest BCUT2D eigenvalue weighted by Crippen LogP contribution is 2.46. The number of anilines is 1. The predicted octanol–water partition coefficient (Wildman–Crippen LogP) is 0.0714. The summed E-state index contributed by atoms with van der Waals surface area (Å²) in [4.78, 5) is 24.6. The third-order valence-corrected chi connectivity index (χ3v) is 5.06. The van der Waals surface area contributed by atoms with Crippen LogP contribution in [0.4, 0.5) is 5.69 Å². The molecule has 1 aromatic carbocycles. The van der Waals surface area contributed by atoms with Crippen molar-refractivity contribution in [1.29, 1.82) is 0 Å². The molecule has 134 valence electrons. The van der Waals surface area contributed by atoms with Gasteiger partial charge < -0.3 is 25.0 Å². The quantitative estimate of drug-likeness (QED) is 0.724. The van der Waals surface area contributed by atoms with Crippen molar-refractivity contribution in [3.05, 3.63) is 18.2 Å². The van der Waals surface area contributed by atoms with Crippen LogP contribution >= 0.6 is 0 Å². The van der Waals surface area contributed by atoms with Crippen LogP contribution in [0.5, 0.6) is 11.5 Å². The van der Waals surface area contributed by atoms with Crippen LogP contribution < -0.4 is 25.0 Å². The van der Waals surface area contributed by atoms with E-state index in [4.69, 9.17) is 9.47 Å². The highest BCUT2D eigenvalue weighted by molar-refractivity contribution is 5.92. The molecule has 25 heavy (non-hydrogen) atoms. The average molecular weight is 346 g/mol. The lowest BCUT2D eigenvalue weighted by Crippen LogP contribution is -3.16. The summed E-state index contributed by atoms with van der Waals surface area (Å²) >= 11 is 0. The lowest BCUT2D eigenvalue weighted by Gasteiger charge is -2.31. The maximum atomic E-state index is 12.2. The van der Waals surface area contributed by atoms with E-state index in [1.165, 1.54) is 6.42 Å². The molecule has 2 heterocycles. The van der Waals surface area contributed by atoms with Crippen LogP contribution in [-0.4, -0.2) is 43.8 Å². The lowest BCUT2D eigenvalue weighted by molar-refractivity contribution is -0.885. The van der Waals surface area contributed by atoms with E-state index in [0.717, 1.165) is 42.9 Å². The summed E-state index contributed by atoms with van der Waals surface area (Å²) in [5.41, 5.74) is 0.695. The van der Waals surface area contributed by atoms with Crippen LogP contribution in [0.15, 0.2) is 18.2 Å². The van der Waals surface area contributed by atoms with E-state index >= 15 is 0 Å². The van der Waals surface area contributed by atoms with Gasteiger partial charge in [0.2, 0.25) is 0 Å². The van der Waals surface area contributed by atoms with Gasteiger partial charge in [-0.3, -0.25) is 9.59 Å². The lowest BCUT2D eigenvalue weighted by atomic mass is 9.94. The van der Waals surface area contributed by atoms with Gasteiger partial charge >= 0.3 is 0 Å². The van der Waals surface area contributed by atoms with Crippen molar-refractivity contribution in [2.24, 2.45) is 0 Å². The standard InChI is InChI=1S/C18H23N3O4/c22-16-11-21(9-8-19-16)12-17(23)20-13-4-5-14-15(10-13)25-18(24-14)6-2-1-3-7-18/h4-5,10H,1-3,6-9,11-12H2,(H,19,22)(H,20,23)/p+1. The maximum absolute atomic E-state index is 12.2. The molecule has 1 atom stereocenters. The van der Waals surface area contributed by atoms with Crippen molar-refractivity contribution in [1.82, 2.24) is 5.32 Å². The first-order valence-corrected chi connectivity index (χ1v) is 9.04. The summed E-state index contributed by atoms with van der Waals surface area (Å²) in [6, 6.07) is 5.52. The molecule has 1 aromatic rings. The van der Waals surface area contributed by atoms with E-state index in [2.05, 4.69) is 10.6 Å². The third-order valence-electron chi connectivity index (χ3n) is 5.06. The van der Waals surface area contributed by atoms with E-state index in [-0.39, 0.29) is 18.4 Å². The molecule has 1 saturated heterocycles. The number of carbonyl (C=O) groups is 2.